The minimum atomic E-state index is -4.96. The van der Waals surface area contributed by atoms with Crippen LogP contribution in [0.5, 0.6) is 0 Å². The molecule has 0 aromatic rings. The van der Waals surface area contributed by atoms with E-state index in [2.05, 4.69) is 48.5 Å². The minimum Gasteiger partial charge on any atom is -0.462 e. The molecule has 0 rings (SSSR count). The first-order chi connectivity index (χ1) is 49.8. The summed E-state index contributed by atoms with van der Waals surface area (Å²) < 4.78 is 68.8. The lowest BCUT2D eigenvalue weighted by Gasteiger charge is -2.21. The van der Waals surface area contributed by atoms with Crippen molar-refractivity contribution >= 4 is 39.5 Å². The predicted molar refractivity (Wildman–Crippen MR) is 423 cm³/mol. The van der Waals surface area contributed by atoms with Gasteiger partial charge in [-0.2, -0.15) is 0 Å². The van der Waals surface area contributed by atoms with Gasteiger partial charge in [-0.15, -0.1) is 0 Å². The van der Waals surface area contributed by atoms with Crippen molar-refractivity contribution in [2.75, 3.05) is 39.6 Å². The number of esters is 4. The average Bonchev–Trinajstić information content (AvgIpc) is 0.910. The molecular formula is C84H164O17P2. The van der Waals surface area contributed by atoms with E-state index in [-0.39, 0.29) is 25.7 Å². The van der Waals surface area contributed by atoms with Gasteiger partial charge in [-0.3, -0.25) is 37.3 Å². The third-order valence-electron chi connectivity index (χ3n) is 20.4. The summed E-state index contributed by atoms with van der Waals surface area (Å²) in [6.45, 7) is 12.0. The normalized spacial score (nSPS) is 14.4. The molecule has 0 spiro atoms. The standard InChI is InChI=1S/C84H164O17P2/c1-8-11-12-13-14-15-16-31-37-46-53-60-67-83(88)101-80(72-95-82(87)66-59-52-45-40-39-41-48-55-62-75(4)5)74-99-103(92,93)97-70-78(85)69-96-102(90,91)98-73-79(71-94-81(86)65-58-51-44-36-32-27-24-23-26-30-35-43-50-57-64-77(7)10-3)100-84(89)68-61-54-47-38-33-28-22-20-18-17-19-21-25-29-34-42-49-56-63-76(6)9-2/h75-80,85H,8-74H2,1-7H3,(H,90,91)(H,92,93)/t76?,77?,78-,79-,80-/m1/s1. The van der Waals surface area contributed by atoms with Gasteiger partial charge >= 0.3 is 39.5 Å². The average molecular weight is 1510 g/mol. The largest absolute Gasteiger partial charge is 0.472 e. The third-order valence-corrected chi connectivity index (χ3v) is 22.3. The lowest BCUT2D eigenvalue weighted by Crippen LogP contribution is -2.30. The van der Waals surface area contributed by atoms with Gasteiger partial charge in [-0.05, 0) is 43.4 Å². The maximum Gasteiger partial charge on any atom is 0.472 e. The van der Waals surface area contributed by atoms with Gasteiger partial charge < -0.3 is 33.8 Å². The van der Waals surface area contributed by atoms with Crippen LogP contribution in [0.3, 0.4) is 0 Å². The molecule has 0 amide bonds. The van der Waals surface area contributed by atoms with Gasteiger partial charge in [0, 0.05) is 25.7 Å². The Labute approximate surface area is 632 Å². The quantitative estimate of drug-likeness (QED) is 0.0222. The highest BCUT2D eigenvalue weighted by molar-refractivity contribution is 7.47. The minimum absolute atomic E-state index is 0.107. The Bertz CT molecular complexity index is 2000. The van der Waals surface area contributed by atoms with Crippen molar-refractivity contribution in [3.05, 3.63) is 0 Å². The van der Waals surface area contributed by atoms with Crippen LogP contribution in [0, 0.1) is 17.8 Å². The fourth-order valence-corrected chi connectivity index (χ4v) is 14.5. The predicted octanol–water partition coefficient (Wildman–Crippen LogP) is 25.3. The van der Waals surface area contributed by atoms with E-state index in [1.54, 1.807) is 0 Å². The van der Waals surface area contributed by atoms with Crippen LogP contribution in [0.4, 0.5) is 0 Å². The fraction of sp³-hybridized carbons (Fsp3) is 0.952. The van der Waals surface area contributed by atoms with Crippen LogP contribution in [0.2, 0.25) is 0 Å². The van der Waals surface area contributed by atoms with Gasteiger partial charge in [-0.25, -0.2) is 9.13 Å². The van der Waals surface area contributed by atoms with Gasteiger partial charge in [0.15, 0.2) is 12.2 Å². The van der Waals surface area contributed by atoms with Crippen molar-refractivity contribution in [3.63, 3.8) is 0 Å². The Morgan fingerprint density at radius 2 is 0.495 bits per heavy atom. The zero-order valence-corrected chi connectivity index (χ0v) is 69.6. The van der Waals surface area contributed by atoms with Crippen LogP contribution in [0.15, 0.2) is 0 Å². The molecule has 7 atom stereocenters. The van der Waals surface area contributed by atoms with E-state index in [1.807, 2.05) is 0 Å². The Balaban J connectivity index is 5.22. The smallest absolute Gasteiger partial charge is 0.462 e. The molecule has 17 nitrogen and oxygen atoms in total. The molecular weight excluding hydrogens is 1340 g/mol. The SMILES string of the molecule is CCCCCCCCCCCCCCC(=O)O[C@H](COC(=O)CCCCCCCCCCC(C)C)COP(=O)(O)OC[C@H](O)COP(=O)(O)OC[C@@H](COC(=O)CCCCCCCCCCCCCCCCC(C)CC)OC(=O)CCCCCCCCCCCCCCCCCCCCC(C)CC. The van der Waals surface area contributed by atoms with Crippen molar-refractivity contribution in [3.8, 4) is 0 Å². The number of rotatable bonds is 82. The monoisotopic (exact) mass is 1510 g/mol. The molecule has 103 heavy (non-hydrogen) atoms. The van der Waals surface area contributed by atoms with Crippen molar-refractivity contribution in [1.82, 2.24) is 0 Å². The van der Waals surface area contributed by atoms with Gasteiger partial charge in [0.2, 0.25) is 0 Å². The number of aliphatic hydroxyl groups excluding tert-OH is 1. The molecule has 0 fully saturated rings. The van der Waals surface area contributed by atoms with Gasteiger partial charge in [0.1, 0.15) is 19.3 Å². The second-order valence-corrected chi connectivity index (χ2v) is 34.1. The lowest BCUT2D eigenvalue weighted by atomic mass is 9.99. The second kappa shape index (κ2) is 74.2. The van der Waals surface area contributed by atoms with Crippen LogP contribution in [-0.4, -0.2) is 96.7 Å². The van der Waals surface area contributed by atoms with E-state index in [1.165, 1.54) is 250 Å². The highest BCUT2D eigenvalue weighted by Gasteiger charge is 2.30. The summed E-state index contributed by atoms with van der Waals surface area (Å²) in [5, 5.41) is 10.7. The van der Waals surface area contributed by atoms with Crippen molar-refractivity contribution in [1.29, 1.82) is 0 Å². The first-order valence-corrected chi connectivity index (χ1v) is 46.4. The zero-order valence-electron chi connectivity index (χ0n) is 67.8. The van der Waals surface area contributed by atoms with Crippen LogP contribution in [-0.2, 0) is 65.4 Å². The molecule has 0 heterocycles. The maximum absolute atomic E-state index is 13.1. The number of unbranched alkanes of at least 4 members (excludes halogenated alkanes) is 48. The fourth-order valence-electron chi connectivity index (χ4n) is 13.0. The Morgan fingerprint density at radius 1 is 0.282 bits per heavy atom. The van der Waals surface area contributed by atoms with Crippen LogP contribution in [0.25, 0.3) is 0 Å². The van der Waals surface area contributed by atoms with Gasteiger partial charge in [0.25, 0.3) is 0 Å². The highest BCUT2D eigenvalue weighted by atomic mass is 31.2. The maximum atomic E-state index is 13.1. The summed E-state index contributed by atoms with van der Waals surface area (Å²) in [4.78, 5) is 73.1. The number of carbonyl (C=O) groups excluding carboxylic acids is 4. The summed E-state index contributed by atoms with van der Waals surface area (Å²) in [6.07, 6.45) is 63.8. The number of ether oxygens (including phenoxy) is 4. The van der Waals surface area contributed by atoms with Crippen LogP contribution in [0.1, 0.15) is 440 Å². The first-order valence-electron chi connectivity index (χ1n) is 43.4. The summed E-state index contributed by atoms with van der Waals surface area (Å²) in [5.74, 6) is 0.340. The topological polar surface area (TPSA) is 237 Å². The Kier molecular flexibility index (Phi) is 72.8. The van der Waals surface area contributed by atoms with E-state index in [9.17, 15) is 43.2 Å². The molecule has 0 saturated heterocycles. The summed E-state index contributed by atoms with van der Waals surface area (Å²) >= 11 is 0. The van der Waals surface area contributed by atoms with Gasteiger partial charge in [-0.1, -0.05) is 389 Å². The van der Waals surface area contributed by atoms with E-state index in [0.29, 0.717) is 25.7 Å². The molecule has 19 heteroatoms. The van der Waals surface area contributed by atoms with E-state index >= 15 is 0 Å². The highest BCUT2D eigenvalue weighted by Crippen LogP contribution is 2.45. The number of carbonyl (C=O) groups is 4. The molecule has 0 aromatic heterocycles. The number of hydrogen-bond acceptors (Lipinski definition) is 15. The zero-order chi connectivity index (χ0) is 75.8. The number of aliphatic hydroxyl groups is 1. The Morgan fingerprint density at radius 3 is 0.738 bits per heavy atom. The number of hydrogen-bond donors (Lipinski definition) is 3. The number of phosphoric acid groups is 2. The summed E-state index contributed by atoms with van der Waals surface area (Å²) in [7, 11) is -9.92. The van der Waals surface area contributed by atoms with E-state index in [4.69, 9.17) is 37.0 Å². The molecule has 0 saturated carbocycles. The molecule has 0 aliphatic rings. The van der Waals surface area contributed by atoms with Crippen molar-refractivity contribution in [2.45, 2.75) is 458 Å². The molecule has 0 radical (unpaired) electrons. The molecule has 0 aromatic carbocycles. The summed E-state index contributed by atoms with van der Waals surface area (Å²) in [6, 6.07) is 0. The molecule has 0 bridgehead atoms. The molecule has 0 aliphatic heterocycles. The van der Waals surface area contributed by atoms with Gasteiger partial charge in [0.05, 0.1) is 26.4 Å². The molecule has 3 N–H and O–H groups in total. The van der Waals surface area contributed by atoms with Crippen molar-refractivity contribution < 1.29 is 80.2 Å². The van der Waals surface area contributed by atoms with Crippen LogP contribution < -0.4 is 0 Å². The van der Waals surface area contributed by atoms with Crippen LogP contribution >= 0.6 is 15.6 Å². The van der Waals surface area contributed by atoms with E-state index in [0.717, 1.165) is 108 Å². The first kappa shape index (κ1) is 101. The van der Waals surface area contributed by atoms with E-state index < -0.39 is 97.5 Å². The lowest BCUT2D eigenvalue weighted by molar-refractivity contribution is -0.161. The molecule has 4 unspecified atom stereocenters. The second-order valence-electron chi connectivity index (χ2n) is 31.2. The number of phosphoric ester groups is 2. The third kappa shape index (κ3) is 75.3. The van der Waals surface area contributed by atoms with Crippen molar-refractivity contribution in [2.24, 2.45) is 17.8 Å². The molecule has 0 aliphatic carbocycles. The Hall–Kier alpha value is -1.94. The summed E-state index contributed by atoms with van der Waals surface area (Å²) in [5.41, 5.74) is 0. The molecule has 612 valence electrons.